The van der Waals surface area contributed by atoms with E-state index in [0.29, 0.717) is 26.7 Å². The van der Waals surface area contributed by atoms with E-state index in [9.17, 15) is 4.79 Å². The molecule has 128 valence electrons. The number of thioether (sulfide) groups is 2. The number of rotatable bonds is 6. The first-order valence-electron chi connectivity index (χ1n) is 7.45. The summed E-state index contributed by atoms with van der Waals surface area (Å²) in [6.07, 6.45) is 0. The summed E-state index contributed by atoms with van der Waals surface area (Å²) in [6.45, 7) is 0. The van der Waals surface area contributed by atoms with Gasteiger partial charge in [0.15, 0.2) is 5.16 Å². The molecule has 0 spiro atoms. The van der Waals surface area contributed by atoms with Crippen LogP contribution < -0.4 is 5.56 Å². The molecule has 0 unspecified atom stereocenters. The number of halogens is 2. The standard InChI is InChI=1S/C18H14Cl2N2OS2/c19-15-7-4-8-16(20)14(15)11-25-18-21-12(9-17(23)22-18)10-24-13-5-2-1-3-6-13/h1-9H,10-11H2,(H,21,22,23). The van der Waals surface area contributed by atoms with Crippen LogP contribution in [0.5, 0.6) is 0 Å². The van der Waals surface area contributed by atoms with Crippen LogP contribution in [0.25, 0.3) is 0 Å². The van der Waals surface area contributed by atoms with E-state index in [1.54, 1.807) is 30.0 Å². The van der Waals surface area contributed by atoms with Crippen LogP contribution in [0.15, 0.2) is 69.4 Å². The first-order chi connectivity index (χ1) is 12.1. The van der Waals surface area contributed by atoms with E-state index in [-0.39, 0.29) is 5.56 Å². The molecule has 0 radical (unpaired) electrons. The van der Waals surface area contributed by atoms with Crippen molar-refractivity contribution in [2.24, 2.45) is 0 Å². The molecule has 0 aliphatic rings. The lowest BCUT2D eigenvalue weighted by Crippen LogP contribution is -2.09. The lowest BCUT2D eigenvalue weighted by molar-refractivity contribution is 0.899. The number of nitrogens with one attached hydrogen (secondary N) is 1. The summed E-state index contributed by atoms with van der Waals surface area (Å²) in [5.41, 5.74) is 1.42. The lowest BCUT2D eigenvalue weighted by Gasteiger charge is -2.07. The summed E-state index contributed by atoms with van der Waals surface area (Å²) in [4.78, 5) is 20.3. The Kier molecular flexibility index (Phi) is 6.48. The molecule has 2 aromatic carbocycles. The molecule has 0 aliphatic carbocycles. The Morgan fingerprint density at radius 2 is 1.64 bits per heavy atom. The maximum Gasteiger partial charge on any atom is 0.251 e. The maximum absolute atomic E-state index is 11.9. The number of aromatic nitrogens is 2. The Balaban J connectivity index is 1.70. The quantitative estimate of drug-likeness (QED) is 0.421. The van der Waals surface area contributed by atoms with Gasteiger partial charge >= 0.3 is 0 Å². The third-order valence-corrected chi connectivity index (χ3v) is 5.97. The molecule has 1 N–H and O–H groups in total. The highest BCUT2D eigenvalue weighted by atomic mass is 35.5. The van der Waals surface area contributed by atoms with Gasteiger partial charge in [-0.1, -0.05) is 59.2 Å². The van der Waals surface area contributed by atoms with Gasteiger partial charge in [-0.3, -0.25) is 4.79 Å². The average Bonchev–Trinajstić information content (AvgIpc) is 2.60. The predicted molar refractivity (Wildman–Crippen MR) is 107 cm³/mol. The molecule has 0 fully saturated rings. The minimum Gasteiger partial charge on any atom is -0.301 e. The van der Waals surface area contributed by atoms with Crippen LogP contribution in [0, 0.1) is 0 Å². The van der Waals surface area contributed by atoms with Crippen molar-refractivity contribution in [1.29, 1.82) is 0 Å². The van der Waals surface area contributed by atoms with E-state index in [2.05, 4.69) is 9.97 Å². The Morgan fingerprint density at radius 1 is 0.920 bits per heavy atom. The number of nitrogens with zero attached hydrogens (tertiary/aromatic N) is 1. The molecular weight excluding hydrogens is 395 g/mol. The van der Waals surface area contributed by atoms with Crippen molar-refractivity contribution in [3.05, 3.63) is 86.3 Å². The second-order valence-corrected chi connectivity index (χ2v) is 7.96. The smallest absolute Gasteiger partial charge is 0.251 e. The maximum atomic E-state index is 11.9. The number of H-pyrrole nitrogens is 1. The summed E-state index contributed by atoms with van der Waals surface area (Å²) in [5, 5.41) is 1.78. The molecular formula is C18H14Cl2N2OS2. The first-order valence-corrected chi connectivity index (χ1v) is 10.2. The fraction of sp³-hybridized carbons (Fsp3) is 0.111. The van der Waals surface area contributed by atoms with Gasteiger partial charge in [0, 0.05) is 32.5 Å². The Hall–Kier alpha value is -1.40. The van der Waals surface area contributed by atoms with Gasteiger partial charge in [-0.25, -0.2) is 4.98 Å². The normalized spacial score (nSPS) is 10.8. The minimum atomic E-state index is -0.161. The van der Waals surface area contributed by atoms with Crippen LogP contribution in [0.2, 0.25) is 10.0 Å². The molecule has 3 aromatic rings. The van der Waals surface area contributed by atoms with E-state index >= 15 is 0 Å². The van der Waals surface area contributed by atoms with Crippen LogP contribution in [-0.2, 0) is 11.5 Å². The zero-order chi connectivity index (χ0) is 17.6. The van der Waals surface area contributed by atoms with E-state index in [1.807, 2.05) is 30.3 Å². The van der Waals surface area contributed by atoms with Crippen LogP contribution in [0.1, 0.15) is 11.3 Å². The Labute approximate surface area is 164 Å². The number of hydrogen-bond acceptors (Lipinski definition) is 4. The van der Waals surface area contributed by atoms with Crippen LogP contribution in [0.4, 0.5) is 0 Å². The van der Waals surface area contributed by atoms with Crippen molar-refractivity contribution in [2.45, 2.75) is 21.6 Å². The summed E-state index contributed by atoms with van der Waals surface area (Å²) in [6, 6.07) is 17.0. The molecule has 0 aliphatic heterocycles. The van der Waals surface area contributed by atoms with E-state index in [1.165, 1.54) is 17.8 Å². The molecule has 3 rings (SSSR count). The van der Waals surface area contributed by atoms with Gasteiger partial charge in [-0.15, -0.1) is 11.8 Å². The first kappa shape index (κ1) is 18.4. The van der Waals surface area contributed by atoms with Crippen LogP contribution in [-0.4, -0.2) is 9.97 Å². The fourth-order valence-corrected chi connectivity index (χ4v) is 4.56. The lowest BCUT2D eigenvalue weighted by atomic mass is 10.2. The van der Waals surface area contributed by atoms with E-state index < -0.39 is 0 Å². The molecule has 0 amide bonds. The van der Waals surface area contributed by atoms with E-state index in [4.69, 9.17) is 23.2 Å². The number of aromatic amines is 1. The highest BCUT2D eigenvalue weighted by molar-refractivity contribution is 7.98. The molecule has 0 bridgehead atoms. The topological polar surface area (TPSA) is 45.8 Å². The van der Waals surface area contributed by atoms with Gasteiger partial charge in [-0.05, 0) is 29.8 Å². The monoisotopic (exact) mass is 408 g/mol. The van der Waals surface area contributed by atoms with Crippen molar-refractivity contribution in [2.75, 3.05) is 0 Å². The van der Waals surface area contributed by atoms with Crippen molar-refractivity contribution >= 4 is 46.7 Å². The molecule has 7 heteroatoms. The van der Waals surface area contributed by atoms with Crippen molar-refractivity contribution < 1.29 is 0 Å². The largest absolute Gasteiger partial charge is 0.301 e. The van der Waals surface area contributed by atoms with Crippen LogP contribution in [0.3, 0.4) is 0 Å². The zero-order valence-electron chi connectivity index (χ0n) is 13.0. The van der Waals surface area contributed by atoms with Gasteiger partial charge in [0.1, 0.15) is 0 Å². The van der Waals surface area contributed by atoms with Crippen molar-refractivity contribution in [1.82, 2.24) is 9.97 Å². The highest BCUT2D eigenvalue weighted by Gasteiger charge is 2.08. The Bertz CT molecular complexity index is 896. The van der Waals surface area contributed by atoms with Gasteiger partial charge in [0.05, 0.1) is 5.69 Å². The summed E-state index contributed by atoms with van der Waals surface area (Å²) >= 11 is 15.4. The Morgan fingerprint density at radius 3 is 2.36 bits per heavy atom. The SMILES string of the molecule is O=c1cc(CSc2ccccc2)nc(SCc2c(Cl)cccc2Cl)[nH]1. The van der Waals surface area contributed by atoms with Gasteiger partial charge < -0.3 is 4.98 Å². The summed E-state index contributed by atoms with van der Waals surface area (Å²) in [5.74, 6) is 1.17. The third-order valence-electron chi connectivity index (χ3n) is 3.32. The average molecular weight is 409 g/mol. The zero-order valence-corrected chi connectivity index (χ0v) is 16.2. The van der Waals surface area contributed by atoms with Crippen LogP contribution >= 0.6 is 46.7 Å². The number of benzene rings is 2. The molecule has 0 saturated heterocycles. The summed E-state index contributed by atoms with van der Waals surface area (Å²) in [7, 11) is 0. The van der Waals surface area contributed by atoms with Gasteiger partial charge in [0.2, 0.25) is 0 Å². The molecule has 1 heterocycles. The molecule has 25 heavy (non-hydrogen) atoms. The molecule has 1 aromatic heterocycles. The van der Waals surface area contributed by atoms with E-state index in [0.717, 1.165) is 16.2 Å². The van der Waals surface area contributed by atoms with Gasteiger partial charge in [0.25, 0.3) is 5.56 Å². The molecule has 3 nitrogen and oxygen atoms in total. The highest BCUT2D eigenvalue weighted by Crippen LogP contribution is 2.30. The fourth-order valence-electron chi connectivity index (χ4n) is 2.11. The second-order valence-electron chi connectivity index (χ2n) is 5.13. The van der Waals surface area contributed by atoms with Crippen molar-refractivity contribution in [3.8, 4) is 0 Å². The third kappa shape index (κ3) is 5.28. The predicted octanol–water partition coefficient (Wildman–Crippen LogP) is 5.66. The van der Waals surface area contributed by atoms with Crippen molar-refractivity contribution in [3.63, 3.8) is 0 Å². The summed E-state index contributed by atoms with van der Waals surface area (Å²) < 4.78 is 0. The minimum absolute atomic E-state index is 0.161. The second kappa shape index (κ2) is 8.81. The number of hydrogen-bond donors (Lipinski definition) is 1. The molecule has 0 atom stereocenters. The van der Waals surface area contributed by atoms with Gasteiger partial charge in [-0.2, -0.15) is 0 Å². The molecule has 0 saturated carbocycles.